The summed E-state index contributed by atoms with van der Waals surface area (Å²) in [6.45, 7) is 2.14. The van der Waals surface area contributed by atoms with Gasteiger partial charge in [-0.3, -0.25) is 5.41 Å². The first kappa shape index (κ1) is 10.5. The van der Waals surface area contributed by atoms with Crippen LogP contribution in [-0.4, -0.2) is 18.9 Å². The lowest BCUT2D eigenvalue weighted by molar-refractivity contribution is 0.949. The van der Waals surface area contributed by atoms with E-state index in [1.54, 1.807) is 0 Å². The predicted octanol–water partition coefficient (Wildman–Crippen LogP) is 2.33. The molecule has 0 aromatic heterocycles. The van der Waals surface area contributed by atoms with E-state index in [9.17, 15) is 0 Å². The van der Waals surface area contributed by atoms with E-state index in [1.807, 2.05) is 18.2 Å². The van der Waals surface area contributed by atoms with Crippen LogP contribution < -0.4 is 10.6 Å². The van der Waals surface area contributed by atoms with E-state index in [2.05, 4.69) is 20.8 Å². The number of rotatable bonds is 2. The SMILES string of the molecule is N=C(N)c1cc(Br)ccc1N1CCCC1. The standard InChI is InChI=1S/C11H14BrN3/c12-8-3-4-10(9(7-8)11(13)14)15-5-1-2-6-15/h3-4,7H,1-2,5-6H2,(H3,13,14). The van der Waals surface area contributed by atoms with Crippen molar-refractivity contribution in [3.8, 4) is 0 Å². The van der Waals surface area contributed by atoms with Crippen molar-refractivity contribution in [2.75, 3.05) is 18.0 Å². The number of nitrogens with one attached hydrogen (secondary N) is 1. The molecule has 1 aromatic carbocycles. The van der Waals surface area contributed by atoms with Gasteiger partial charge < -0.3 is 10.6 Å². The number of hydrogen-bond donors (Lipinski definition) is 2. The number of nitrogens with two attached hydrogens (primary N) is 1. The van der Waals surface area contributed by atoms with Crippen LogP contribution >= 0.6 is 15.9 Å². The number of benzene rings is 1. The Bertz CT molecular complexity index is 383. The van der Waals surface area contributed by atoms with E-state index in [-0.39, 0.29) is 5.84 Å². The lowest BCUT2D eigenvalue weighted by Crippen LogP contribution is -2.23. The molecule has 0 bridgehead atoms. The predicted molar refractivity (Wildman–Crippen MR) is 66.6 cm³/mol. The molecule has 1 saturated heterocycles. The van der Waals surface area contributed by atoms with Gasteiger partial charge >= 0.3 is 0 Å². The first-order chi connectivity index (χ1) is 7.18. The highest BCUT2D eigenvalue weighted by Crippen LogP contribution is 2.27. The molecule has 3 N–H and O–H groups in total. The van der Waals surface area contributed by atoms with Crippen molar-refractivity contribution in [1.29, 1.82) is 5.41 Å². The monoisotopic (exact) mass is 267 g/mol. The molecule has 0 spiro atoms. The molecule has 0 radical (unpaired) electrons. The zero-order chi connectivity index (χ0) is 10.8. The van der Waals surface area contributed by atoms with Crippen LogP contribution in [0.1, 0.15) is 18.4 Å². The van der Waals surface area contributed by atoms with Gasteiger partial charge in [-0.1, -0.05) is 15.9 Å². The van der Waals surface area contributed by atoms with Gasteiger partial charge in [0.15, 0.2) is 0 Å². The van der Waals surface area contributed by atoms with Crippen molar-refractivity contribution in [3.05, 3.63) is 28.2 Å². The molecule has 3 nitrogen and oxygen atoms in total. The van der Waals surface area contributed by atoms with Gasteiger partial charge in [0, 0.05) is 28.8 Å². The van der Waals surface area contributed by atoms with Crippen LogP contribution in [0.2, 0.25) is 0 Å². The molecule has 1 aromatic rings. The van der Waals surface area contributed by atoms with E-state index >= 15 is 0 Å². The average molecular weight is 268 g/mol. The second-order valence-electron chi connectivity index (χ2n) is 3.77. The maximum Gasteiger partial charge on any atom is 0.124 e. The zero-order valence-electron chi connectivity index (χ0n) is 8.46. The summed E-state index contributed by atoms with van der Waals surface area (Å²) in [6, 6.07) is 5.95. The van der Waals surface area contributed by atoms with Crippen molar-refractivity contribution in [1.82, 2.24) is 0 Å². The number of hydrogen-bond acceptors (Lipinski definition) is 2. The summed E-state index contributed by atoms with van der Waals surface area (Å²) < 4.78 is 0.968. The van der Waals surface area contributed by atoms with Crippen LogP contribution in [0.3, 0.4) is 0 Å². The average Bonchev–Trinajstić information content (AvgIpc) is 2.70. The van der Waals surface area contributed by atoms with E-state index in [0.717, 1.165) is 28.8 Å². The summed E-state index contributed by atoms with van der Waals surface area (Å²) in [4.78, 5) is 2.29. The number of nitrogens with zero attached hydrogens (tertiary/aromatic N) is 1. The van der Waals surface area contributed by atoms with Crippen LogP contribution in [0.15, 0.2) is 22.7 Å². The largest absolute Gasteiger partial charge is 0.384 e. The zero-order valence-corrected chi connectivity index (χ0v) is 10.0. The highest BCUT2D eigenvalue weighted by Gasteiger charge is 2.16. The third-order valence-electron chi connectivity index (χ3n) is 2.70. The van der Waals surface area contributed by atoms with E-state index < -0.39 is 0 Å². The third-order valence-corrected chi connectivity index (χ3v) is 3.19. The molecule has 80 valence electrons. The highest BCUT2D eigenvalue weighted by atomic mass is 79.9. The van der Waals surface area contributed by atoms with Crippen LogP contribution in [0, 0.1) is 5.41 Å². The molecule has 1 aliphatic rings. The van der Waals surface area contributed by atoms with Crippen molar-refractivity contribution in [3.63, 3.8) is 0 Å². The molecule has 0 unspecified atom stereocenters. The highest BCUT2D eigenvalue weighted by molar-refractivity contribution is 9.10. The van der Waals surface area contributed by atoms with Gasteiger partial charge in [0.2, 0.25) is 0 Å². The van der Waals surface area contributed by atoms with Crippen LogP contribution in [0.4, 0.5) is 5.69 Å². The van der Waals surface area contributed by atoms with Gasteiger partial charge in [0.1, 0.15) is 5.84 Å². The quantitative estimate of drug-likeness (QED) is 0.639. The molecule has 1 aliphatic heterocycles. The van der Waals surface area contributed by atoms with Gasteiger partial charge in [0.05, 0.1) is 0 Å². The minimum Gasteiger partial charge on any atom is -0.384 e. The van der Waals surface area contributed by atoms with Crippen molar-refractivity contribution >= 4 is 27.5 Å². The Morgan fingerprint density at radius 3 is 2.60 bits per heavy atom. The summed E-state index contributed by atoms with van der Waals surface area (Å²) >= 11 is 3.40. The molecule has 4 heteroatoms. The first-order valence-electron chi connectivity index (χ1n) is 5.07. The van der Waals surface area contributed by atoms with E-state index in [4.69, 9.17) is 11.1 Å². The van der Waals surface area contributed by atoms with E-state index in [0.29, 0.717) is 0 Å². The molecular formula is C11H14BrN3. The number of anilines is 1. The first-order valence-corrected chi connectivity index (χ1v) is 5.86. The maximum atomic E-state index is 7.57. The second-order valence-corrected chi connectivity index (χ2v) is 4.68. The molecule has 0 saturated carbocycles. The summed E-state index contributed by atoms with van der Waals surface area (Å²) in [5.74, 6) is 0.137. The van der Waals surface area contributed by atoms with Gasteiger partial charge in [-0.2, -0.15) is 0 Å². The van der Waals surface area contributed by atoms with Gasteiger partial charge in [0.25, 0.3) is 0 Å². The molecule has 0 aliphatic carbocycles. The van der Waals surface area contributed by atoms with Gasteiger partial charge in [-0.15, -0.1) is 0 Å². The molecule has 0 atom stereocenters. The molecule has 15 heavy (non-hydrogen) atoms. The molecule has 2 rings (SSSR count). The van der Waals surface area contributed by atoms with E-state index in [1.165, 1.54) is 12.8 Å². The number of amidine groups is 1. The van der Waals surface area contributed by atoms with Crippen molar-refractivity contribution < 1.29 is 0 Å². The summed E-state index contributed by atoms with van der Waals surface area (Å²) in [6.07, 6.45) is 2.46. The van der Waals surface area contributed by atoms with Gasteiger partial charge in [-0.05, 0) is 31.0 Å². The molecule has 1 fully saturated rings. The maximum absolute atomic E-state index is 7.57. The molecular weight excluding hydrogens is 254 g/mol. The van der Waals surface area contributed by atoms with Crippen LogP contribution in [0.25, 0.3) is 0 Å². The topological polar surface area (TPSA) is 53.1 Å². The van der Waals surface area contributed by atoms with Crippen molar-refractivity contribution in [2.45, 2.75) is 12.8 Å². The Kier molecular flexibility index (Phi) is 2.95. The minimum atomic E-state index is 0.137. The fraction of sp³-hybridized carbons (Fsp3) is 0.364. The Labute approximate surface area is 97.9 Å². The summed E-state index contributed by atoms with van der Waals surface area (Å²) in [7, 11) is 0. The number of nitrogen functional groups attached to an aromatic ring is 1. The lowest BCUT2D eigenvalue weighted by Gasteiger charge is -2.21. The second kappa shape index (κ2) is 4.23. The number of halogens is 1. The molecule has 1 heterocycles. The Morgan fingerprint density at radius 1 is 1.33 bits per heavy atom. The normalized spacial score (nSPS) is 15.7. The van der Waals surface area contributed by atoms with Crippen LogP contribution in [-0.2, 0) is 0 Å². The Morgan fingerprint density at radius 2 is 2.00 bits per heavy atom. The van der Waals surface area contributed by atoms with Crippen LogP contribution in [0.5, 0.6) is 0 Å². The Balaban J connectivity index is 2.40. The minimum absolute atomic E-state index is 0.137. The lowest BCUT2D eigenvalue weighted by atomic mass is 10.1. The fourth-order valence-electron chi connectivity index (χ4n) is 1.96. The smallest absolute Gasteiger partial charge is 0.124 e. The summed E-state index contributed by atoms with van der Waals surface area (Å²) in [5, 5.41) is 7.57. The third kappa shape index (κ3) is 2.15. The Hall–Kier alpha value is -1.03. The summed E-state index contributed by atoms with van der Waals surface area (Å²) in [5.41, 5.74) is 7.50. The molecule has 0 amide bonds. The van der Waals surface area contributed by atoms with Gasteiger partial charge in [-0.25, -0.2) is 0 Å². The fourth-order valence-corrected chi connectivity index (χ4v) is 2.32. The van der Waals surface area contributed by atoms with Crippen molar-refractivity contribution in [2.24, 2.45) is 5.73 Å².